The minimum absolute atomic E-state index is 0.0249. The molecular weight excluding hydrogens is 402 g/mol. The third-order valence-electron chi connectivity index (χ3n) is 6.17. The van der Waals surface area contributed by atoms with Gasteiger partial charge in [0.1, 0.15) is 5.15 Å². The molecule has 5 nitrogen and oxygen atoms in total. The molecule has 0 aliphatic carbocycles. The fourth-order valence-electron chi connectivity index (χ4n) is 3.00. The van der Waals surface area contributed by atoms with Crippen molar-refractivity contribution in [3.05, 3.63) is 23.0 Å². The Balaban J connectivity index is 2.00. The highest BCUT2D eigenvalue weighted by Gasteiger charge is 2.38. The van der Waals surface area contributed by atoms with Crippen molar-refractivity contribution in [2.24, 2.45) is 11.3 Å². The Morgan fingerprint density at radius 2 is 1.97 bits per heavy atom. The number of aromatic nitrogens is 1. The summed E-state index contributed by atoms with van der Waals surface area (Å²) in [5, 5.41) is 3.72. The van der Waals surface area contributed by atoms with E-state index in [0.29, 0.717) is 17.6 Å². The number of rotatable bonds is 6. The van der Waals surface area contributed by atoms with Gasteiger partial charge in [-0.1, -0.05) is 53.1 Å². The van der Waals surface area contributed by atoms with Crippen LogP contribution in [0.1, 0.15) is 53.5 Å². The number of anilines is 1. The number of halogens is 1. The summed E-state index contributed by atoms with van der Waals surface area (Å²) in [6, 6.07) is 1.83. The fraction of sp³-hybridized carbons (Fsp3) is 0.727. The lowest BCUT2D eigenvalue weighted by Gasteiger charge is -2.37. The lowest BCUT2D eigenvalue weighted by molar-refractivity contribution is -0.123. The van der Waals surface area contributed by atoms with Crippen molar-refractivity contribution in [1.29, 1.82) is 0 Å². The molecule has 0 saturated carbocycles. The van der Waals surface area contributed by atoms with Crippen LogP contribution < -0.4 is 5.32 Å². The molecule has 1 amide bonds. The minimum Gasteiger partial charge on any atom is -0.416 e. The SMILES string of the molecule is CC(C)(C)C(=O)Nc1ccnc(Cl)c1CN1CC[C@@H](CO[Si](C)(C)C(C)(C)C)C1. The Morgan fingerprint density at radius 1 is 1.31 bits per heavy atom. The van der Waals surface area contributed by atoms with Crippen LogP contribution in [0.25, 0.3) is 0 Å². The predicted molar refractivity (Wildman–Crippen MR) is 124 cm³/mol. The van der Waals surface area contributed by atoms with Gasteiger partial charge in [0.05, 0.1) is 0 Å². The van der Waals surface area contributed by atoms with E-state index in [1.165, 1.54) is 0 Å². The summed E-state index contributed by atoms with van der Waals surface area (Å²) < 4.78 is 6.43. The third-order valence-corrected chi connectivity index (χ3v) is 11.0. The van der Waals surface area contributed by atoms with Crippen LogP contribution in [-0.2, 0) is 15.8 Å². The first-order valence-electron chi connectivity index (χ1n) is 10.5. The van der Waals surface area contributed by atoms with Crippen molar-refractivity contribution in [2.75, 3.05) is 25.0 Å². The lowest BCUT2D eigenvalue weighted by Crippen LogP contribution is -2.42. The molecule has 0 spiro atoms. The molecule has 2 rings (SSSR count). The number of amides is 1. The zero-order chi connectivity index (χ0) is 22.0. The Kier molecular flexibility index (Phi) is 7.58. The van der Waals surface area contributed by atoms with E-state index in [0.717, 1.165) is 37.4 Å². The first-order valence-corrected chi connectivity index (χ1v) is 13.8. The van der Waals surface area contributed by atoms with E-state index in [9.17, 15) is 4.79 Å². The number of hydrogen-bond acceptors (Lipinski definition) is 4. The normalized spacial score (nSPS) is 18.9. The topological polar surface area (TPSA) is 54.5 Å². The van der Waals surface area contributed by atoms with Gasteiger partial charge in [0.25, 0.3) is 0 Å². The number of nitrogens with one attached hydrogen (secondary N) is 1. The molecule has 164 valence electrons. The highest BCUT2D eigenvalue weighted by molar-refractivity contribution is 6.74. The molecule has 1 aromatic rings. The number of carbonyl (C=O) groups is 1. The van der Waals surface area contributed by atoms with E-state index in [-0.39, 0.29) is 10.9 Å². The summed E-state index contributed by atoms with van der Waals surface area (Å²) in [6.07, 6.45) is 2.76. The highest BCUT2D eigenvalue weighted by Crippen LogP contribution is 2.37. The largest absolute Gasteiger partial charge is 0.416 e. The van der Waals surface area contributed by atoms with Crippen molar-refractivity contribution in [3.63, 3.8) is 0 Å². The monoisotopic (exact) mass is 439 g/mol. The number of pyridine rings is 1. The second kappa shape index (κ2) is 9.04. The average Bonchev–Trinajstić information content (AvgIpc) is 3.02. The summed E-state index contributed by atoms with van der Waals surface area (Å²) in [7, 11) is -1.72. The van der Waals surface area contributed by atoms with E-state index in [1.54, 1.807) is 6.20 Å². The Morgan fingerprint density at radius 3 is 2.55 bits per heavy atom. The molecule has 0 unspecified atom stereocenters. The van der Waals surface area contributed by atoms with E-state index in [4.69, 9.17) is 16.0 Å². The van der Waals surface area contributed by atoms with E-state index < -0.39 is 13.7 Å². The molecule has 1 fully saturated rings. The van der Waals surface area contributed by atoms with Crippen molar-refractivity contribution >= 4 is 31.5 Å². The molecule has 1 atom stereocenters. The standard InChI is InChI=1S/C22H38ClN3O2Si/c1-21(2,3)20(27)25-18-9-11-24-19(23)17(18)14-26-12-10-16(13-26)15-28-29(7,8)22(4,5)6/h9,11,16H,10,12-15H2,1-8H3,(H,24,25,27)/t16-/m1/s1. The van der Waals surface area contributed by atoms with Crippen LogP contribution >= 0.6 is 11.6 Å². The number of nitrogens with zero attached hydrogens (tertiary/aromatic N) is 2. The van der Waals surface area contributed by atoms with Gasteiger partial charge in [0, 0.05) is 42.6 Å². The summed E-state index contributed by atoms with van der Waals surface area (Å²) >= 11 is 6.40. The summed E-state index contributed by atoms with van der Waals surface area (Å²) in [4.78, 5) is 19.1. The van der Waals surface area contributed by atoms with E-state index in [1.807, 2.05) is 26.8 Å². The van der Waals surface area contributed by atoms with Gasteiger partial charge in [0.15, 0.2) is 8.32 Å². The third kappa shape index (κ3) is 6.51. The molecule has 1 saturated heterocycles. The van der Waals surface area contributed by atoms with Crippen LogP contribution in [0.4, 0.5) is 5.69 Å². The van der Waals surface area contributed by atoms with Gasteiger partial charge in [0.2, 0.25) is 5.91 Å². The molecule has 1 aromatic heterocycles. The van der Waals surface area contributed by atoms with Crippen LogP contribution in [0, 0.1) is 11.3 Å². The molecule has 2 heterocycles. The highest BCUT2D eigenvalue weighted by atomic mass is 35.5. The average molecular weight is 440 g/mol. The van der Waals surface area contributed by atoms with Gasteiger partial charge in [-0.15, -0.1) is 0 Å². The van der Waals surface area contributed by atoms with E-state index >= 15 is 0 Å². The smallest absolute Gasteiger partial charge is 0.229 e. The molecule has 1 N–H and O–H groups in total. The molecule has 1 aliphatic heterocycles. The predicted octanol–water partition coefficient (Wildman–Crippen LogP) is 5.56. The maximum atomic E-state index is 12.4. The fourth-order valence-corrected chi connectivity index (χ4v) is 4.31. The molecule has 0 aromatic carbocycles. The molecular formula is C22H38ClN3O2Si. The summed E-state index contributed by atoms with van der Waals surface area (Å²) in [5.41, 5.74) is 1.18. The van der Waals surface area contributed by atoms with Gasteiger partial charge in [-0.3, -0.25) is 9.69 Å². The second-order valence-corrected chi connectivity index (χ2v) is 16.0. The molecule has 0 bridgehead atoms. The van der Waals surface area contributed by atoms with Gasteiger partial charge < -0.3 is 9.74 Å². The second-order valence-electron chi connectivity index (χ2n) is 10.8. The first kappa shape index (κ1) is 24.3. The number of hydrogen-bond donors (Lipinski definition) is 1. The lowest BCUT2D eigenvalue weighted by atomic mass is 9.95. The van der Waals surface area contributed by atoms with Gasteiger partial charge in [-0.05, 0) is 43.1 Å². The molecule has 29 heavy (non-hydrogen) atoms. The van der Waals surface area contributed by atoms with Crippen LogP contribution in [0.15, 0.2) is 12.3 Å². The maximum Gasteiger partial charge on any atom is 0.229 e. The number of carbonyl (C=O) groups excluding carboxylic acids is 1. The molecule has 1 aliphatic rings. The van der Waals surface area contributed by atoms with Crippen molar-refractivity contribution in [3.8, 4) is 0 Å². The Hall–Kier alpha value is -0.953. The van der Waals surface area contributed by atoms with Crippen LogP contribution in [0.2, 0.25) is 23.3 Å². The van der Waals surface area contributed by atoms with Gasteiger partial charge in [-0.2, -0.15) is 0 Å². The van der Waals surface area contributed by atoms with Crippen LogP contribution in [0.5, 0.6) is 0 Å². The molecule has 7 heteroatoms. The first-order chi connectivity index (χ1) is 13.2. The van der Waals surface area contributed by atoms with Crippen LogP contribution in [0.3, 0.4) is 0 Å². The van der Waals surface area contributed by atoms with Gasteiger partial charge >= 0.3 is 0 Å². The zero-order valence-corrected chi connectivity index (χ0v) is 21.1. The summed E-state index contributed by atoms with van der Waals surface area (Å²) in [6.45, 7) is 20.6. The molecule has 0 radical (unpaired) electrons. The minimum atomic E-state index is -1.72. The Labute approximate surface area is 182 Å². The van der Waals surface area contributed by atoms with Crippen molar-refractivity contribution in [1.82, 2.24) is 9.88 Å². The van der Waals surface area contributed by atoms with Crippen molar-refractivity contribution in [2.45, 2.75) is 72.6 Å². The maximum absolute atomic E-state index is 12.4. The van der Waals surface area contributed by atoms with Crippen LogP contribution in [-0.4, -0.2) is 43.8 Å². The van der Waals surface area contributed by atoms with Gasteiger partial charge in [-0.25, -0.2) is 4.98 Å². The Bertz CT molecular complexity index is 726. The van der Waals surface area contributed by atoms with Crippen molar-refractivity contribution < 1.29 is 9.22 Å². The van der Waals surface area contributed by atoms with E-state index in [2.05, 4.69) is 49.1 Å². The number of likely N-dealkylation sites (tertiary alicyclic amines) is 1. The summed E-state index contributed by atoms with van der Waals surface area (Å²) in [5.74, 6) is 0.510. The zero-order valence-electron chi connectivity index (χ0n) is 19.4. The quantitative estimate of drug-likeness (QED) is 0.465.